The zero-order valence-corrected chi connectivity index (χ0v) is 13.9. The molecule has 1 saturated heterocycles. The molecule has 1 aromatic carbocycles. The summed E-state index contributed by atoms with van der Waals surface area (Å²) in [6, 6.07) is 4.57. The molecule has 1 aromatic rings. The van der Waals surface area contributed by atoms with Crippen molar-refractivity contribution in [3.05, 3.63) is 28.3 Å². The summed E-state index contributed by atoms with van der Waals surface area (Å²) in [6.45, 7) is 3.47. The molecule has 0 aromatic heterocycles. The standard InChI is InChI=1S/C16H24N4O4/c1-18-7-3-8-19(10-9-18)15-6-5-13(20(23)24)12-14(15)17-16(22)4-2-11-21/h5-6,12,21H,2-4,7-11H2,1H3,(H,17,22). The van der Waals surface area contributed by atoms with Gasteiger partial charge in [0.25, 0.3) is 5.69 Å². The van der Waals surface area contributed by atoms with Crippen LogP contribution in [0.5, 0.6) is 0 Å². The van der Waals surface area contributed by atoms with E-state index in [1.165, 1.54) is 12.1 Å². The number of rotatable bonds is 6. The van der Waals surface area contributed by atoms with Gasteiger partial charge in [-0.05, 0) is 32.5 Å². The lowest BCUT2D eigenvalue weighted by atomic mass is 10.2. The van der Waals surface area contributed by atoms with E-state index in [1.54, 1.807) is 6.07 Å². The molecule has 8 heteroatoms. The maximum Gasteiger partial charge on any atom is 0.271 e. The average molecular weight is 336 g/mol. The van der Waals surface area contributed by atoms with Crippen molar-refractivity contribution in [3.63, 3.8) is 0 Å². The Morgan fingerprint density at radius 3 is 2.83 bits per heavy atom. The van der Waals surface area contributed by atoms with Gasteiger partial charge in [0, 0.05) is 44.8 Å². The summed E-state index contributed by atoms with van der Waals surface area (Å²) in [5, 5.41) is 22.6. The summed E-state index contributed by atoms with van der Waals surface area (Å²) in [5.41, 5.74) is 1.20. The van der Waals surface area contributed by atoms with Crippen LogP contribution >= 0.6 is 0 Å². The third-order valence-corrected chi connectivity index (χ3v) is 4.09. The van der Waals surface area contributed by atoms with Crippen molar-refractivity contribution in [2.75, 3.05) is 50.1 Å². The SMILES string of the molecule is CN1CCCN(c2ccc([N+](=O)[O-])cc2NC(=O)CCCO)CC1. The molecule has 0 saturated carbocycles. The molecule has 0 spiro atoms. The molecule has 1 fully saturated rings. The van der Waals surface area contributed by atoms with Crippen LogP contribution in [0.3, 0.4) is 0 Å². The van der Waals surface area contributed by atoms with Crippen molar-refractivity contribution in [3.8, 4) is 0 Å². The van der Waals surface area contributed by atoms with Crippen molar-refractivity contribution in [1.82, 2.24) is 4.90 Å². The molecule has 1 aliphatic rings. The van der Waals surface area contributed by atoms with Gasteiger partial charge in [0.1, 0.15) is 0 Å². The van der Waals surface area contributed by atoms with Crippen LogP contribution in [-0.4, -0.2) is 60.7 Å². The van der Waals surface area contributed by atoms with Gasteiger partial charge in [-0.3, -0.25) is 14.9 Å². The van der Waals surface area contributed by atoms with Gasteiger partial charge in [0.05, 0.1) is 16.3 Å². The van der Waals surface area contributed by atoms with Gasteiger partial charge in [-0.1, -0.05) is 0 Å². The number of hydrogen-bond acceptors (Lipinski definition) is 6. The summed E-state index contributed by atoms with van der Waals surface area (Å²) >= 11 is 0. The fraction of sp³-hybridized carbons (Fsp3) is 0.562. The molecule has 0 unspecified atom stereocenters. The van der Waals surface area contributed by atoms with Crippen LogP contribution in [0.15, 0.2) is 18.2 Å². The number of aliphatic hydroxyl groups excluding tert-OH is 1. The Balaban J connectivity index is 2.24. The Bertz CT molecular complexity index is 593. The highest BCUT2D eigenvalue weighted by Gasteiger charge is 2.19. The van der Waals surface area contributed by atoms with Crippen molar-refractivity contribution in [1.29, 1.82) is 0 Å². The summed E-state index contributed by atoms with van der Waals surface area (Å²) in [5.74, 6) is -0.252. The zero-order chi connectivity index (χ0) is 17.5. The minimum absolute atomic E-state index is 0.0526. The van der Waals surface area contributed by atoms with Crippen molar-refractivity contribution in [2.45, 2.75) is 19.3 Å². The number of non-ortho nitro benzene ring substituents is 1. The van der Waals surface area contributed by atoms with Gasteiger partial charge >= 0.3 is 0 Å². The average Bonchev–Trinajstić information content (AvgIpc) is 2.77. The van der Waals surface area contributed by atoms with Gasteiger partial charge in [-0.15, -0.1) is 0 Å². The van der Waals surface area contributed by atoms with Crippen molar-refractivity contribution >= 4 is 23.0 Å². The molecule has 8 nitrogen and oxygen atoms in total. The molecule has 0 atom stereocenters. The zero-order valence-electron chi connectivity index (χ0n) is 13.9. The van der Waals surface area contributed by atoms with Crippen LogP contribution in [0.2, 0.25) is 0 Å². The number of carbonyl (C=O) groups excluding carboxylic acids is 1. The molecule has 24 heavy (non-hydrogen) atoms. The molecule has 132 valence electrons. The van der Waals surface area contributed by atoms with Crippen LogP contribution in [0.1, 0.15) is 19.3 Å². The highest BCUT2D eigenvalue weighted by Crippen LogP contribution is 2.31. The number of benzene rings is 1. The molecule has 1 heterocycles. The Morgan fingerprint density at radius 2 is 2.12 bits per heavy atom. The van der Waals surface area contributed by atoms with Gasteiger partial charge in [0.2, 0.25) is 5.91 Å². The first-order valence-corrected chi connectivity index (χ1v) is 8.14. The molecule has 2 N–H and O–H groups in total. The van der Waals surface area contributed by atoms with E-state index in [2.05, 4.69) is 22.2 Å². The third-order valence-electron chi connectivity index (χ3n) is 4.09. The number of amides is 1. The van der Waals surface area contributed by atoms with Crippen LogP contribution < -0.4 is 10.2 Å². The first-order chi connectivity index (χ1) is 11.5. The van der Waals surface area contributed by atoms with Crippen molar-refractivity contribution < 1.29 is 14.8 Å². The van der Waals surface area contributed by atoms with E-state index < -0.39 is 4.92 Å². The summed E-state index contributed by atoms with van der Waals surface area (Å²) in [7, 11) is 2.07. The quantitative estimate of drug-likeness (QED) is 0.602. The molecular formula is C16H24N4O4. The first-order valence-electron chi connectivity index (χ1n) is 8.14. The number of aliphatic hydroxyl groups is 1. The third kappa shape index (κ3) is 4.90. The smallest absolute Gasteiger partial charge is 0.271 e. The maximum atomic E-state index is 12.0. The molecule has 0 aliphatic carbocycles. The number of carbonyl (C=O) groups is 1. The predicted octanol–water partition coefficient (Wildman–Crippen LogP) is 1.45. The predicted molar refractivity (Wildman–Crippen MR) is 92.4 cm³/mol. The second-order valence-corrected chi connectivity index (χ2v) is 5.98. The monoisotopic (exact) mass is 336 g/mol. The number of likely N-dealkylation sites (N-methyl/N-ethyl adjacent to an activating group) is 1. The number of anilines is 2. The van der Waals surface area contributed by atoms with Gasteiger partial charge in [-0.25, -0.2) is 0 Å². The van der Waals surface area contributed by atoms with Crippen molar-refractivity contribution in [2.24, 2.45) is 0 Å². The first kappa shape index (κ1) is 18.2. The molecule has 0 radical (unpaired) electrons. The van der Waals surface area contributed by atoms with Crippen LogP contribution in [-0.2, 0) is 4.79 Å². The Kier molecular flexibility index (Phi) is 6.51. The Labute approximate surface area is 141 Å². The largest absolute Gasteiger partial charge is 0.396 e. The maximum absolute atomic E-state index is 12.0. The minimum Gasteiger partial charge on any atom is -0.396 e. The Hall–Kier alpha value is -2.19. The van der Waals surface area contributed by atoms with Gasteiger partial charge in [0.15, 0.2) is 0 Å². The fourth-order valence-electron chi connectivity index (χ4n) is 2.75. The highest BCUT2D eigenvalue weighted by molar-refractivity contribution is 5.95. The highest BCUT2D eigenvalue weighted by atomic mass is 16.6. The van der Waals surface area contributed by atoms with E-state index in [0.717, 1.165) is 38.3 Å². The number of hydrogen-bond donors (Lipinski definition) is 2. The molecular weight excluding hydrogens is 312 g/mol. The lowest BCUT2D eigenvalue weighted by Gasteiger charge is -2.25. The van der Waals surface area contributed by atoms with E-state index >= 15 is 0 Å². The molecule has 1 amide bonds. The minimum atomic E-state index is -0.469. The van der Waals surface area contributed by atoms with E-state index in [-0.39, 0.29) is 24.6 Å². The van der Waals surface area contributed by atoms with Gasteiger partial charge in [-0.2, -0.15) is 0 Å². The second kappa shape index (κ2) is 8.60. The molecule has 2 rings (SSSR count). The van der Waals surface area contributed by atoms with Crippen LogP contribution in [0.25, 0.3) is 0 Å². The van der Waals surface area contributed by atoms with E-state index in [4.69, 9.17) is 5.11 Å². The van der Waals surface area contributed by atoms with E-state index in [0.29, 0.717) is 12.1 Å². The van der Waals surface area contributed by atoms with Gasteiger partial charge < -0.3 is 20.2 Å². The lowest BCUT2D eigenvalue weighted by molar-refractivity contribution is -0.384. The number of nitrogens with one attached hydrogen (secondary N) is 1. The molecule has 0 bridgehead atoms. The summed E-state index contributed by atoms with van der Waals surface area (Å²) < 4.78 is 0. The number of nitrogens with zero attached hydrogens (tertiary/aromatic N) is 3. The summed E-state index contributed by atoms with van der Waals surface area (Å²) in [4.78, 5) is 26.9. The fourth-order valence-corrected chi connectivity index (χ4v) is 2.75. The topological polar surface area (TPSA) is 99.0 Å². The van der Waals surface area contributed by atoms with Crippen LogP contribution in [0, 0.1) is 10.1 Å². The Morgan fingerprint density at radius 1 is 1.33 bits per heavy atom. The number of nitro benzene ring substituents is 1. The summed E-state index contributed by atoms with van der Waals surface area (Å²) in [6.07, 6.45) is 1.54. The number of nitro groups is 1. The van der Waals surface area contributed by atoms with Crippen LogP contribution in [0.4, 0.5) is 17.1 Å². The van der Waals surface area contributed by atoms with E-state index in [9.17, 15) is 14.9 Å². The molecule has 1 aliphatic heterocycles. The normalized spacial score (nSPS) is 15.8. The van der Waals surface area contributed by atoms with E-state index in [1.807, 2.05) is 0 Å². The lowest BCUT2D eigenvalue weighted by Crippen LogP contribution is -2.29. The second-order valence-electron chi connectivity index (χ2n) is 5.98.